The molecule has 0 aliphatic carbocycles. The summed E-state index contributed by atoms with van der Waals surface area (Å²) in [6.07, 6.45) is 3.86. The molecule has 0 aliphatic rings. The quantitative estimate of drug-likeness (QED) is 0.817. The molecule has 1 aromatic rings. The number of hydrogen-bond donors (Lipinski definition) is 2. The molecule has 5 heteroatoms. The number of rotatable bonds is 5. The number of nitrogens with one attached hydrogen (secondary N) is 1. The molecule has 0 unspecified atom stereocenters. The van der Waals surface area contributed by atoms with Crippen LogP contribution in [0.4, 0.5) is 4.79 Å². The molecule has 0 aliphatic heterocycles. The monoisotopic (exact) mass is 293 g/mol. The van der Waals surface area contributed by atoms with Crippen LogP contribution in [0.25, 0.3) is 6.08 Å². The lowest BCUT2D eigenvalue weighted by atomic mass is 10.1. The molecule has 1 amide bonds. The average Bonchev–Trinajstić information content (AvgIpc) is 2.38. The second-order valence-corrected chi connectivity index (χ2v) is 5.52. The van der Waals surface area contributed by atoms with E-state index in [1.807, 2.05) is 26.8 Å². The van der Waals surface area contributed by atoms with Crippen LogP contribution in [0.15, 0.2) is 24.3 Å². The maximum Gasteiger partial charge on any atom is 0.407 e. The number of methoxy groups -OCH3 is 1. The topological polar surface area (TPSA) is 67.8 Å². The van der Waals surface area contributed by atoms with Gasteiger partial charge in [-0.2, -0.15) is 0 Å². The van der Waals surface area contributed by atoms with Crippen molar-refractivity contribution < 1.29 is 19.4 Å². The van der Waals surface area contributed by atoms with Crippen molar-refractivity contribution >= 4 is 12.2 Å². The largest absolute Gasteiger partial charge is 0.504 e. The molecule has 1 rings (SSSR count). The molecule has 2 N–H and O–H groups in total. The summed E-state index contributed by atoms with van der Waals surface area (Å²) in [5.41, 5.74) is 0.179. The number of amides is 1. The van der Waals surface area contributed by atoms with E-state index in [-0.39, 0.29) is 5.75 Å². The van der Waals surface area contributed by atoms with Crippen LogP contribution in [0.3, 0.4) is 0 Å². The number of phenols is 1. The van der Waals surface area contributed by atoms with E-state index in [4.69, 9.17) is 9.47 Å². The summed E-state index contributed by atoms with van der Waals surface area (Å²) in [6, 6.07) is 5.28. The Morgan fingerprint density at radius 2 is 2.10 bits per heavy atom. The summed E-state index contributed by atoms with van der Waals surface area (Å²) in [4.78, 5) is 11.4. The van der Waals surface area contributed by atoms with Crippen LogP contribution in [-0.4, -0.2) is 30.5 Å². The van der Waals surface area contributed by atoms with Gasteiger partial charge in [0.2, 0.25) is 0 Å². The minimum atomic E-state index is -0.494. The Morgan fingerprint density at radius 1 is 1.38 bits per heavy atom. The lowest BCUT2D eigenvalue weighted by Gasteiger charge is -2.19. The first kappa shape index (κ1) is 16.9. The molecule has 21 heavy (non-hydrogen) atoms. The zero-order valence-electron chi connectivity index (χ0n) is 13.0. The average molecular weight is 293 g/mol. The normalized spacial score (nSPS) is 11.4. The number of para-hydroxylation sites is 1. The van der Waals surface area contributed by atoms with Crippen molar-refractivity contribution in [1.29, 1.82) is 0 Å². The smallest absolute Gasteiger partial charge is 0.407 e. The van der Waals surface area contributed by atoms with Crippen LogP contribution in [-0.2, 0) is 4.74 Å². The Bertz CT molecular complexity index is 503. The zero-order valence-corrected chi connectivity index (χ0v) is 13.0. The molecule has 0 radical (unpaired) electrons. The minimum absolute atomic E-state index is 0.108. The molecule has 0 saturated heterocycles. The van der Waals surface area contributed by atoms with Crippen LogP contribution >= 0.6 is 0 Å². The molecule has 0 bridgehead atoms. The number of carbonyl (C=O) groups is 1. The van der Waals surface area contributed by atoms with Gasteiger partial charge >= 0.3 is 6.09 Å². The first-order valence-electron chi connectivity index (χ1n) is 6.83. The maximum atomic E-state index is 11.4. The molecule has 116 valence electrons. The van der Waals surface area contributed by atoms with Crippen LogP contribution < -0.4 is 10.1 Å². The molecular formula is C16H23NO4. The summed E-state index contributed by atoms with van der Waals surface area (Å²) in [7, 11) is 1.51. The van der Waals surface area contributed by atoms with E-state index in [2.05, 4.69) is 5.32 Å². The Morgan fingerprint density at radius 3 is 2.71 bits per heavy atom. The first-order chi connectivity index (χ1) is 9.83. The fourth-order valence-corrected chi connectivity index (χ4v) is 1.62. The molecule has 0 saturated carbocycles. The van der Waals surface area contributed by atoms with Gasteiger partial charge in [0.1, 0.15) is 5.60 Å². The van der Waals surface area contributed by atoms with E-state index >= 15 is 0 Å². The Hall–Kier alpha value is -2.17. The highest BCUT2D eigenvalue weighted by atomic mass is 16.6. The second-order valence-electron chi connectivity index (χ2n) is 5.52. The number of benzene rings is 1. The van der Waals surface area contributed by atoms with Gasteiger partial charge in [-0.3, -0.25) is 0 Å². The number of phenolic OH excluding ortho intramolecular Hbond substituents is 1. The first-order valence-corrected chi connectivity index (χ1v) is 6.83. The van der Waals surface area contributed by atoms with E-state index in [0.717, 1.165) is 0 Å². The van der Waals surface area contributed by atoms with E-state index in [1.165, 1.54) is 7.11 Å². The predicted molar refractivity (Wildman–Crippen MR) is 82.5 cm³/mol. The molecule has 0 heterocycles. The number of hydrogen-bond acceptors (Lipinski definition) is 4. The molecule has 5 nitrogen and oxygen atoms in total. The van der Waals surface area contributed by atoms with Gasteiger partial charge in [-0.25, -0.2) is 4.79 Å². The summed E-state index contributed by atoms with van der Waals surface area (Å²) in [5.74, 6) is 0.542. The van der Waals surface area contributed by atoms with E-state index < -0.39 is 11.7 Å². The van der Waals surface area contributed by atoms with Gasteiger partial charge in [-0.15, -0.1) is 0 Å². The van der Waals surface area contributed by atoms with Crippen LogP contribution in [0.2, 0.25) is 0 Å². The third kappa shape index (κ3) is 6.21. The molecule has 0 aromatic heterocycles. The predicted octanol–water partition coefficient (Wildman–Crippen LogP) is 3.33. The van der Waals surface area contributed by atoms with Gasteiger partial charge in [0, 0.05) is 12.1 Å². The summed E-state index contributed by atoms with van der Waals surface area (Å²) in [5, 5.41) is 12.6. The Balaban J connectivity index is 2.41. The van der Waals surface area contributed by atoms with Crippen molar-refractivity contribution in [3.8, 4) is 11.5 Å². The molecule has 0 atom stereocenters. The van der Waals surface area contributed by atoms with Gasteiger partial charge in [0.25, 0.3) is 0 Å². The fourth-order valence-electron chi connectivity index (χ4n) is 1.62. The van der Waals surface area contributed by atoms with Gasteiger partial charge < -0.3 is 19.9 Å². The standard InChI is InChI=1S/C16H23NO4/c1-16(2,3)21-15(19)17-11-6-5-8-12-9-7-10-13(20-4)14(12)18/h5,7-10,18H,6,11H2,1-4H3,(H,17,19). The number of aromatic hydroxyl groups is 1. The lowest BCUT2D eigenvalue weighted by molar-refractivity contribution is 0.0529. The molecule has 1 aromatic carbocycles. The van der Waals surface area contributed by atoms with Gasteiger partial charge in [-0.1, -0.05) is 24.3 Å². The number of ether oxygens (including phenoxy) is 2. The Labute approximate surface area is 125 Å². The highest BCUT2D eigenvalue weighted by molar-refractivity contribution is 5.67. The van der Waals surface area contributed by atoms with E-state index in [9.17, 15) is 9.90 Å². The summed E-state index contributed by atoms with van der Waals surface area (Å²) < 4.78 is 10.2. The minimum Gasteiger partial charge on any atom is -0.504 e. The van der Waals surface area contributed by atoms with E-state index in [0.29, 0.717) is 24.3 Å². The molecule has 0 fully saturated rings. The van der Waals surface area contributed by atoms with Crippen molar-refractivity contribution in [1.82, 2.24) is 5.32 Å². The highest BCUT2D eigenvalue weighted by Crippen LogP contribution is 2.30. The van der Waals surface area contributed by atoms with Crippen LogP contribution in [0, 0.1) is 0 Å². The maximum absolute atomic E-state index is 11.4. The SMILES string of the molecule is COc1cccc(C=CCCNC(=O)OC(C)(C)C)c1O. The summed E-state index contributed by atoms with van der Waals surface area (Å²) >= 11 is 0. The Kier molecular flexibility index (Phi) is 6.09. The second kappa shape index (κ2) is 7.57. The number of alkyl carbamates (subject to hydrolysis) is 1. The van der Waals surface area contributed by atoms with Crippen molar-refractivity contribution in [3.63, 3.8) is 0 Å². The third-order valence-electron chi connectivity index (χ3n) is 2.53. The molecule has 0 spiro atoms. The van der Waals surface area contributed by atoms with Crippen molar-refractivity contribution in [2.24, 2.45) is 0 Å². The van der Waals surface area contributed by atoms with Gasteiger partial charge in [-0.05, 0) is 33.3 Å². The zero-order chi connectivity index (χ0) is 15.9. The lowest BCUT2D eigenvalue weighted by Crippen LogP contribution is -2.32. The number of carbonyl (C=O) groups excluding carboxylic acids is 1. The van der Waals surface area contributed by atoms with Crippen molar-refractivity contribution in [2.75, 3.05) is 13.7 Å². The van der Waals surface area contributed by atoms with Gasteiger partial charge in [0.15, 0.2) is 11.5 Å². The van der Waals surface area contributed by atoms with Crippen molar-refractivity contribution in [3.05, 3.63) is 29.8 Å². The van der Waals surface area contributed by atoms with Crippen molar-refractivity contribution in [2.45, 2.75) is 32.8 Å². The summed E-state index contributed by atoms with van der Waals surface area (Å²) in [6.45, 7) is 5.92. The highest BCUT2D eigenvalue weighted by Gasteiger charge is 2.15. The van der Waals surface area contributed by atoms with Crippen LogP contribution in [0.5, 0.6) is 11.5 Å². The third-order valence-corrected chi connectivity index (χ3v) is 2.53. The van der Waals surface area contributed by atoms with Crippen LogP contribution in [0.1, 0.15) is 32.8 Å². The van der Waals surface area contributed by atoms with E-state index in [1.54, 1.807) is 24.3 Å². The van der Waals surface area contributed by atoms with Gasteiger partial charge in [0.05, 0.1) is 7.11 Å². The fraction of sp³-hybridized carbons (Fsp3) is 0.438. The molecular weight excluding hydrogens is 270 g/mol.